The third-order valence-corrected chi connectivity index (χ3v) is 7.48. The molecule has 0 aliphatic heterocycles. The molecule has 2 aliphatic rings. The predicted octanol–water partition coefficient (Wildman–Crippen LogP) is 3.18. The molecule has 6 nitrogen and oxygen atoms in total. The Labute approximate surface area is 165 Å². The van der Waals surface area contributed by atoms with Gasteiger partial charge in [-0.25, -0.2) is 10.4 Å². The number of aromatic nitrogens is 2. The molecule has 1 amide bonds. The lowest BCUT2D eigenvalue weighted by atomic mass is 9.70. The highest BCUT2D eigenvalue weighted by Crippen LogP contribution is 2.63. The average molecular weight is 380 g/mol. The molecule has 148 valence electrons. The molecular weight excluding hydrogens is 352 g/mol. The summed E-state index contributed by atoms with van der Waals surface area (Å²) >= 11 is 0. The highest BCUT2D eigenvalue weighted by molar-refractivity contribution is 5.95. The average Bonchev–Trinajstić information content (AvgIpc) is 3.01. The lowest BCUT2D eigenvalue weighted by molar-refractivity contribution is -0.121. The molecule has 2 bridgehead atoms. The normalized spacial score (nSPS) is 26.9. The van der Waals surface area contributed by atoms with Crippen molar-refractivity contribution in [1.29, 1.82) is 0 Å². The zero-order valence-corrected chi connectivity index (χ0v) is 17.1. The van der Waals surface area contributed by atoms with E-state index >= 15 is 0 Å². The number of carbonyl (C=O) groups is 1. The first-order valence-electron chi connectivity index (χ1n) is 10.0. The highest BCUT2D eigenvalue weighted by Gasteiger charge is 2.59. The summed E-state index contributed by atoms with van der Waals surface area (Å²) in [7, 11) is 1.70. The topological polar surface area (TPSA) is 76.3 Å². The van der Waals surface area contributed by atoms with Crippen LogP contribution in [0.2, 0.25) is 0 Å². The summed E-state index contributed by atoms with van der Waals surface area (Å²) < 4.78 is 1.53. The summed E-state index contributed by atoms with van der Waals surface area (Å²) in [6.45, 7) is 6.92. The van der Waals surface area contributed by atoms with Crippen LogP contribution in [-0.2, 0) is 18.3 Å². The fourth-order valence-electron chi connectivity index (χ4n) is 5.00. The van der Waals surface area contributed by atoms with Gasteiger partial charge in [0.1, 0.15) is 5.82 Å². The molecule has 4 rings (SSSR count). The van der Waals surface area contributed by atoms with Crippen molar-refractivity contribution in [2.45, 2.75) is 52.9 Å². The largest absolute Gasteiger partial charge is 0.299 e. The molecule has 1 N–H and O–H groups in total. The monoisotopic (exact) mass is 380 g/mol. The number of amides is 1. The quantitative estimate of drug-likeness (QED) is 0.828. The van der Waals surface area contributed by atoms with Gasteiger partial charge < -0.3 is 0 Å². The second-order valence-corrected chi connectivity index (χ2v) is 9.00. The first kappa shape index (κ1) is 18.8. The van der Waals surface area contributed by atoms with E-state index in [-0.39, 0.29) is 28.7 Å². The number of fused-ring (bicyclic) bond motifs is 3. The number of para-hydroxylation sites is 1. The van der Waals surface area contributed by atoms with Gasteiger partial charge in [-0.1, -0.05) is 32.9 Å². The number of hydrogen-bond acceptors (Lipinski definition) is 4. The van der Waals surface area contributed by atoms with E-state index in [0.29, 0.717) is 29.1 Å². The number of aryl methyl sites for hydroxylation is 1. The fourth-order valence-corrected chi connectivity index (χ4v) is 5.00. The molecule has 2 atom stereocenters. The third kappa shape index (κ3) is 2.77. The highest BCUT2D eigenvalue weighted by atomic mass is 16.2. The predicted molar refractivity (Wildman–Crippen MR) is 110 cm³/mol. The molecule has 28 heavy (non-hydrogen) atoms. The number of rotatable bonds is 4. The Balaban J connectivity index is 1.44. The van der Waals surface area contributed by atoms with Crippen LogP contribution in [-0.4, -0.2) is 21.2 Å². The van der Waals surface area contributed by atoms with Crippen LogP contribution < -0.4 is 11.0 Å². The van der Waals surface area contributed by atoms with Crippen molar-refractivity contribution in [3.8, 4) is 0 Å². The maximum atomic E-state index is 12.5. The molecule has 0 spiro atoms. The summed E-state index contributed by atoms with van der Waals surface area (Å²) in [6.07, 6.45) is 4.02. The van der Waals surface area contributed by atoms with Gasteiger partial charge in [-0.3, -0.25) is 14.2 Å². The molecule has 1 aromatic heterocycles. The molecule has 6 heteroatoms. The Hall–Kier alpha value is -2.50. The summed E-state index contributed by atoms with van der Waals surface area (Å²) in [5.41, 5.74) is 4.77. The number of carbonyl (C=O) groups excluding carboxylic acids is 1. The summed E-state index contributed by atoms with van der Waals surface area (Å²) in [4.78, 5) is 29.4. The second-order valence-electron chi connectivity index (χ2n) is 9.00. The lowest BCUT2D eigenvalue weighted by Gasteiger charge is -2.34. The van der Waals surface area contributed by atoms with Gasteiger partial charge in [-0.15, -0.1) is 0 Å². The number of nitrogens with one attached hydrogen (secondary N) is 1. The van der Waals surface area contributed by atoms with Crippen LogP contribution in [0.5, 0.6) is 0 Å². The van der Waals surface area contributed by atoms with Crippen molar-refractivity contribution in [1.82, 2.24) is 15.0 Å². The SMILES string of the molecule is Cn1c(CCC(=O)N/N=C2/C[C@H]3CC[C@]2(C)C3(C)C)nc2ccccc2c1=O. The summed E-state index contributed by atoms with van der Waals surface area (Å²) in [5, 5.41) is 5.10. The van der Waals surface area contributed by atoms with Crippen molar-refractivity contribution < 1.29 is 4.79 Å². The van der Waals surface area contributed by atoms with Crippen molar-refractivity contribution in [3.05, 3.63) is 40.4 Å². The molecule has 1 aromatic carbocycles. The number of benzene rings is 1. The van der Waals surface area contributed by atoms with Crippen molar-refractivity contribution in [3.63, 3.8) is 0 Å². The zero-order chi connectivity index (χ0) is 20.1. The molecule has 0 unspecified atom stereocenters. The molecule has 2 fully saturated rings. The standard InChI is InChI=1S/C22H28N4O2/c1-21(2)14-11-12-22(21,3)17(13-14)24-25-19(27)10-9-18-23-16-8-6-5-7-15(16)20(28)26(18)4/h5-8,14H,9-13H2,1-4H3,(H,25,27)/b24-17-/t14-,22+/m1/s1. The molecule has 2 saturated carbocycles. The van der Waals surface area contributed by atoms with E-state index in [1.54, 1.807) is 13.1 Å². The summed E-state index contributed by atoms with van der Waals surface area (Å²) in [6, 6.07) is 7.28. The van der Waals surface area contributed by atoms with Gasteiger partial charge in [0.15, 0.2) is 0 Å². The number of hydrogen-bond donors (Lipinski definition) is 1. The van der Waals surface area contributed by atoms with Crippen LogP contribution in [0.3, 0.4) is 0 Å². The second kappa shape index (κ2) is 6.54. The van der Waals surface area contributed by atoms with Gasteiger partial charge in [0.25, 0.3) is 5.56 Å². The fraction of sp³-hybridized carbons (Fsp3) is 0.545. The summed E-state index contributed by atoms with van der Waals surface area (Å²) in [5.74, 6) is 1.13. The van der Waals surface area contributed by atoms with E-state index in [4.69, 9.17) is 0 Å². The Morgan fingerprint density at radius 1 is 1.32 bits per heavy atom. The van der Waals surface area contributed by atoms with Gasteiger partial charge in [0.2, 0.25) is 5.91 Å². The molecule has 1 heterocycles. The number of hydrazone groups is 1. The van der Waals surface area contributed by atoms with Gasteiger partial charge in [0.05, 0.1) is 10.9 Å². The zero-order valence-electron chi connectivity index (χ0n) is 17.1. The molecular formula is C22H28N4O2. The first-order valence-corrected chi connectivity index (χ1v) is 10.0. The van der Waals surface area contributed by atoms with E-state index in [9.17, 15) is 9.59 Å². The Bertz CT molecular complexity index is 1040. The van der Waals surface area contributed by atoms with Gasteiger partial charge in [0, 0.05) is 31.0 Å². The van der Waals surface area contributed by atoms with Gasteiger partial charge in [-0.05, 0) is 42.7 Å². The molecule has 0 saturated heterocycles. The van der Waals surface area contributed by atoms with Crippen LogP contribution >= 0.6 is 0 Å². The van der Waals surface area contributed by atoms with E-state index in [0.717, 1.165) is 18.6 Å². The minimum atomic E-state index is -0.140. The lowest BCUT2D eigenvalue weighted by Crippen LogP contribution is -2.34. The van der Waals surface area contributed by atoms with Crippen LogP contribution in [0.15, 0.2) is 34.2 Å². The van der Waals surface area contributed by atoms with Crippen molar-refractivity contribution in [2.75, 3.05) is 0 Å². The molecule has 2 aliphatic carbocycles. The van der Waals surface area contributed by atoms with E-state index in [2.05, 4.69) is 36.3 Å². The van der Waals surface area contributed by atoms with Crippen molar-refractivity contribution >= 4 is 22.5 Å². The Morgan fingerprint density at radius 2 is 2.07 bits per heavy atom. The van der Waals surface area contributed by atoms with Crippen LogP contribution in [0.1, 0.15) is 52.3 Å². The molecule has 2 aromatic rings. The number of nitrogens with zero attached hydrogens (tertiary/aromatic N) is 3. The van der Waals surface area contributed by atoms with E-state index in [1.807, 2.05) is 18.2 Å². The van der Waals surface area contributed by atoms with Crippen molar-refractivity contribution in [2.24, 2.45) is 28.9 Å². The Morgan fingerprint density at radius 3 is 2.75 bits per heavy atom. The van der Waals surface area contributed by atoms with Crippen LogP contribution in [0.25, 0.3) is 10.9 Å². The smallest absolute Gasteiger partial charge is 0.261 e. The minimum absolute atomic E-state index is 0.0781. The van der Waals surface area contributed by atoms with E-state index in [1.165, 1.54) is 11.0 Å². The first-order chi connectivity index (χ1) is 13.2. The Kier molecular flexibility index (Phi) is 4.40. The molecule has 0 radical (unpaired) electrons. The maximum Gasteiger partial charge on any atom is 0.261 e. The van der Waals surface area contributed by atoms with Gasteiger partial charge in [-0.2, -0.15) is 5.10 Å². The third-order valence-electron chi connectivity index (χ3n) is 7.48. The van der Waals surface area contributed by atoms with Crippen LogP contribution in [0, 0.1) is 16.7 Å². The van der Waals surface area contributed by atoms with E-state index < -0.39 is 0 Å². The minimum Gasteiger partial charge on any atom is -0.299 e. The van der Waals surface area contributed by atoms with Gasteiger partial charge >= 0.3 is 0 Å². The maximum absolute atomic E-state index is 12.5. The van der Waals surface area contributed by atoms with Crippen LogP contribution in [0.4, 0.5) is 0 Å².